The van der Waals surface area contributed by atoms with Crippen LogP contribution in [0.1, 0.15) is 65.2 Å². The number of hydrogen-bond acceptors (Lipinski definition) is 1. The molecule has 0 radical (unpaired) electrons. The highest BCUT2D eigenvalue weighted by molar-refractivity contribution is 4.83. The smallest absolute Gasteiger partial charge is 0.00982 e. The van der Waals surface area contributed by atoms with E-state index in [9.17, 15) is 0 Å². The highest BCUT2D eigenvalue weighted by Crippen LogP contribution is 2.33. The van der Waals surface area contributed by atoms with Gasteiger partial charge in [-0.25, -0.2) is 0 Å². The molecule has 0 heterocycles. The van der Waals surface area contributed by atoms with E-state index in [1.165, 1.54) is 51.5 Å². The van der Waals surface area contributed by atoms with Crippen molar-refractivity contribution in [3.63, 3.8) is 0 Å². The Morgan fingerprint density at radius 1 is 1.24 bits per heavy atom. The molecule has 0 saturated heterocycles. The third-order valence-electron chi connectivity index (χ3n) is 4.38. The Morgan fingerprint density at radius 2 is 1.94 bits per heavy atom. The fraction of sp³-hybridized carbons (Fsp3) is 0.875. The van der Waals surface area contributed by atoms with Crippen molar-refractivity contribution in [2.75, 3.05) is 6.54 Å². The number of allylic oxidation sites excluding steroid dienone is 1. The quantitative estimate of drug-likeness (QED) is 0.611. The van der Waals surface area contributed by atoms with E-state index in [1.807, 2.05) is 0 Å². The molecule has 100 valence electrons. The normalized spacial score (nSPS) is 26.7. The first-order valence-electron chi connectivity index (χ1n) is 7.66. The van der Waals surface area contributed by atoms with Crippen molar-refractivity contribution >= 4 is 0 Å². The maximum absolute atomic E-state index is 3.86. The van der Waals surface area contributed by atoms with Crippen LogP contribution in [0.2, 0.25) is 0 Å². The van der Waals surface area contributed by atoms with E-state index in [2.05, 4.69) is 31.8 Å². The summed E-state index contributed by atoms with van der Waals surface area (Å²) in [6.45, 7) is 9.63. The van der Waals surface area contributed by atoms with Gasteiger partial charge in [-0.15, -0.1) is 6.58 Å². The summed E-state index contributed by atoms with van der Waals surface area (Å²) in [6.07, 6.45) is 12.9. The topological polar surface area (TPSA) is 12.0 Å². The zero-order chi connectivity index (χ0) is 12.5. The van der Waals surface area contributed by atoms with E-state index in [4.69, 9.17) is 0 Å². The molecule has 1 nitrogen and oxygen atoms in total. The summed E-state index contributed by atoms with van der Waals surface area (Å²) in [5.74, 6) is 1.93. The molecular weight excluding hydrogens is 206 g/mol. The highest BCUT2D eigenvalue weighted by Gasteiger charge is 2.25. The second-order valence-corrected chi connectivity index (χ2v) is 5.62. The van der Waals surface area contributed by atoms with Crippen LogP contribution < -0.4 is 5.32 Å². The van der Waals surface area contributed by atoms with Gasteiger partial charge in [0, 0.05) is 6.04 Å². The fourth-order valence-corrected chi connectivity index (χ4v) is 3.13. The summed E-state index contributed by atoms with van der Waals surface area (Å²) in [6, 6.07) is 0.741. The largest absolute Gasteiger partial charge is 0.314 e. The predicted molar refractivity (Wildman–Crippen MR) is 77.3 cm³/mol. The zero-order valence-electron chi connectivity index (χ0n) is 11.9. The SMILES string of the molecule is C=CCCC(NCCC)C1CCC(CC)CC1. The summed E-state index contributed by atoms with van der Waals surface area (Å²) in [5.41, 5.74) is 0. The van der Waals surface area contributed by atoms with E-state index in [-0.39, 0.29) is 0 Å². The van der Waals surface area contributed by atoms with E-state index < -0.39 is 0 Å². The lowest BCUT2D eigenvalue weighted by Gasteiger charge is -2.34. The average molecular weight is 237 g/mol. The average Bonchev–Trinajstić information content (AvgIpc) is 2.39. The van der Waals surface area contributed by atoms with Gasteiger partial charge in [-0.1, -0.05) is 39.2 Å². The highest BCUT2D eigenvalue weighted by atomic mass is 14.9. The summed E-state index contributed by atoms with van der Waals surface area (Å²) in [5, 5.41) is 3.76. The molecule has 1 rings (SSSR count). The molecule has 1 heteroatoms. The Labute approximate surface area is 108 Å². The molecule has 1 saturated carbocycles. The second-order valence-electron chi connectivity index (χ2n) is 5.62. The molecule has 1 aliphatic carbocycles. The molecule has 1 unspecified atom stereocenters. The van der Waals surface area contributed by atoms with Crippen molar-refractivity contribution in [2.45, 2.75) is 71.3 Å². The summed E-state index contributed by atoms with van der Waals surface area (Å²) < 4.78 is 0. The minimum atomic E-state index is 0.741. The molecule has 0 aromatic heterocycles. The van der Waals surface area contributed by atoms with Gasteiger partial charge in [0.25, 0.3) is 0 Å². The minimum Gasteiger partial charge on any atom is -0.314 e. The Hall–Kier alpha value is -0.300. The van der Waals surface area contributed by atoms with Crippen LogP contribution >= 0.6 is 0 Å². The first-order valence-corrected chi connectivity index (χ1v) is 7.66. The number of hydrogen-bond donors (Lipinski definition) is 1. The van der Waals surface area contributed by atoms with Crippen molar-refractivity contribution in [1.82, 2.24) is 5.32 Å². The third kappa shape index (κ3) is 5.25. The molecule has 0 bridgehead atoms. The van der Waals surface area contributed by atoms with Crippen molar-refractivity contribution in [2.24, 2.45) is 11.8 Å². The standard InChI is InChI=1S/C16H31N/c1-4-7-8-16(17-13-5-2)15-11-9-14(6-3)10-12-15/h4,14-17H,1,5-13H2,2-3H3. The van der Waals surface area contributed by atoms with Gasteiger partial charge in [-0.05, 0) is 50.5 Å². The van der Waals surface area contributed by atoms with E-state index >= 15 is 0 Å². The van der Waals surface area contributed by atoms with Crippen molar-refractivity contribution < 1.29 is 0 Å². The molecule has 0 aliphatic heterocycles. The zero-order valence-corrected chi connectivity index (χ0v) is 11.9. The van der Waals surface area contributed by atoms with Gasteiger partial charge in [0.05, 0.1) is 0 Å². The molecule has 0 amide bonds. The Bertz CT molecular complexity index is 192. The molecule has 17 heavy (non-hydrogen) atoms. The van der Waals surface area contributed by atoms with Crippen LogP contribution in [0.4, 0.5) is 0 Å². The first-order chi connectivity index (χ1) is 8.31. The summed E-state index contributed by atoms with van der Waals surface area (Å²) in [4.78, 5) is 0. The Kier molecular flexibility index (Phi) is 7.59. The lowest BCUT2D eigenvalue weighted by molar-refractivity contribution is 0.211. The van der Waals surface area contributed by atoms with Gasteiger partial charge in [0.1, 0.15) is 0 Å². The van der Waals surface area contributed by atoms with Gasteiger partial charge in [0.2, 0.25) is 0 Å². The Balaban J connectivity index is 2.37. The van der Waals surface area contributed by atoms with Crippen molar-refractivity contribution in [3.8, 4) is 0 Å². The number of nitrogens with one attached hydrogen (secondary N) is 1. The second kappa shape index (κ2) is 8.74. The van der Waals surface area contributed by atoms with Gasteiger partial charge in [-0.2, -0.15) is 0 Å². The first kappa shape index (κ1) is 14.8. The fourth-order valence-electron chi connectivity index (χ4n) is 3.13. The lowest BCUT2D eigenvalue weighted by Crippen LogP contribution is -2.38. The predicted octanol–water partition coefficient (Wildman–Crippen LogP) is 4.54. The summed E-state index contributed by atoms with van der Waals surface area (Å²) >= 11 is 0. The molecule has 1 aliphatic rings. The molecule has 0 spiro atoms. The molecule has 0 aromatic rings. The van der Waals surface area contributed by atoms with Crippen LogP contribution in [0.15, 0.2) is 12.7 Å². The Morgan fingerprint density at radius 3 is 2.47 bits per heavy atom. The lowest BCUT2D eigenvalue weighted by atomic mass is 9.76. The number of rotatable bonds is 8. The summed E-state index contributed by atoms with van der Waals surface area (Å²) in [7, 11) is 0. The van der Waals surface area contributed by atoms with Gasteiger partial charge in [-0.3, -0.25) is 0 Å². The van der Waals surface area contributed by atoms with Crippen LogP contribution in [0.25, 0.3) is 0 Å². The minimum absolute atomic E-state index is 0.741. The van der Waals surface area contributed by atoms with Crippen LogP contribution in [0.3, 0.4) is 0 Å². The third-order valence-corrected chi connectivity index (χ3v) is 4.38. The van der Waals surface area contributed by atoms with Gasteiger partial charge in [0.15, 0.2) is 0 Å². The van der Waals surface area contributed by atoms with E-state index in [0.717, 1.165) is 24.3 Å². The van der Waals surface area contributed by atoms with Crippen molar-refractivity contribution in [1.29, 1.82) is 0 Å². The van der Waals surface area contributed by atoms with Gasteiger partial charge < -0.3 is 5.32 Å². The van der Waals surface area contributed by atoms with Gasteiger partial charge >= 0.3 is 0 Å². The maximum Gasteiger partial charge on any atom is 0.00982 e. The van der Waals surface area contributed by atoms with Crippen LogP contribution in [-0.2, 0) is 0 Å². The molecular formula is C16H31N. The van der Waals surface area contributed by atoms with Crippen molar-refractivity contribution in [3.05, 3.63) is 12.7 Å². The maximum atomic E-state index is 3.86. The van der Waals surface area contributed by atoms with E-state index in [1.54, 1.807) is 0 Å². The monoisotopic (exact) mass is 237 g/mol. The van der Waals surface area contributed by atoms with Crippen LogP contribution in [-0.4, -0.2) is 12.6 Å². The van der Waals surface area contributed by atoms with E-state index in [0.29, 0.717) is 0 Å². The molecule has 1 fully saturated rings. The molecule has 0 aromatic carbocycles. The van der Waals surface area contributed by atoms with Crippen LogP contribution in [0, 0.1) is 11.8 Å². The molecule has 1 atom stereocenters. The van der Waals surface area contributed by atoms with Crippen LogP contribution in [0.5, 0.6) is 0 Å². The molecule has 1 N–H and O–H groups in total.